The van der Waals surface area contributed by atoms with Gasteiger partial charge in [0, 0.05) is 5.69 Å². The highest BCUT2D eigenvalue weighted by Crippen LogP contribution is 2.40. The van der Waals surface area contributed by atoms with Gasteiger partial charge in [-0.3, -0.25) is 19.3 Å². The smallest absolute Gasteiger partial charge is 0.294 e. The first-order chi connectivity index (χ1) is 14.9. The summed E-state index contributed by atoms with van der Waals surface area (Å²) in [5, 5.41) is 2.17. The summed E-state index contributed by atoms with van der Waals surface area (Å²) in [6.45, 7) is 1.57. The van der Waals surface area contributed by atoms with E-state index in [-0.39, 0.29) is 11.4 Å². The lowest BCUT2D eigenvalue weighted by Gasteiger charge is -2.13. The van der Waals surface area contributed by atoms with E-state index in [1.54, 1.807) is 30.3 Å². The molecule has 1 saturated heterocycles. The lowest BCUT2D eigenvalue weighted by Crippen LogP contribution is -2.36. The summed E-state index contributed by atoms with van der Waals surface area (Å²) >= 11 is 0.769. The van der Waals surface area contributed by atoms with Crippen LogP contribution in [0.4, 0.5) is 10.5 Å². The first kappa shape index (κ1) is 22.2. The van der Waals surface area contributed by atoms with Crippen LogP contribution in [0.25, 0.3) is 6.08 Å². The first-order valence-electron chi connectivity index (χ1n) is 9.28. The number of imide groups is 1. The van der Waals surface area contributed by atoms with Crippen LogP contribution in [-0.2, 0) is 9.59 Å². The maximum atomic E-state index is 12.7. The second-order valence-corrected chi connectivity index (χ2v) is 7.63. The van der Waals surface area contributed by atoms with E-state index in [2.05, 4.69) is 5.32 Å². The molecule has 0 atom stereocenters. The van der Waals surface area contributed by atoms with Gasteiger partial charge in [0.1, 0.15) is 6.54 Å². The molecule has 31 heavy (non-hydrogen) atoms. The third-order valence-electron chi connectivity index (χ3n) is 4.50. The van der Waals surface area contributed by atoms with Gasteiger partial charge in [-0.05, 0) is 54.6 Å². The highest BCUT2D eigenvalue weighted by Gasteiger charge is 2.36. The van der Waals surface area contributed by atoms with Gasteiger partial charge in [-0.25, -0.2) is 0 Å². The Labute approximate surface area is 184 Å². The molecule has 0 bridgehead atoms. The van der Waals surface area contributed by atoms with E-state index in [4.69, 9.17) is 14.2 Å². The summed E-state index contributed by atoms with van der Waals surface area (Å²) in [6, 6.07) is 10.6. The van der Waals surface area contributed by atoms with E-state index in [9.17, 15) is 14.4 Å². The Bertz CT molecular complexity index is 1020. The Hall–Kier alpha value is -3.46. The van der Waals surface area contributed by atoms with Crippen molar-refractivity contribution in [3.63, 3.8) is 0 Å². The number of nitrogens with zero attached hydrogens (tertiary/aromatic N) is 1. The number of anilines is 1. The molecule has 2 aromatic rings. The number of carbonyl (C=O) groups excluding carboxylic acids is 3. The Morgan fingerprint density at radius 3 is 2.19 bits per heavy atom. The number of carbonyl (C=O) groups is 3. The van der Waals surface area contributed by atoms with Crippen LogP contribution in [0.1, 0.15) is 11.1 Å². The number of amides is 3. The van der Waals surface area contributed by atoms with Gasteiger partial charge in [0.05, 0.1) is 26.2 Å². The molecule has 1 aliphatic rings. The molecule has 1 heterocycles. The van der Waals surface area contributed by atoms with E-state index in [0.717, 1.165) is 22.2 Å². The molecule has 8 nitrogen and oxygen atoms in total. The second kappa shape index (κ2) is 9.57. The molecule has 3 amide bonds. The Morgan fingerprint density at radius 1 is 1.03 bits per heavy atom. The maximum Gasteiger partial charge on any atom is 0.294 e. The number of ether oxygens (including phenoxy) is 3. The van der Waals surface area contributed by atoms with Gasteiger partial charge in [0.25, 0.3) is 11.1 Å². The van der Waals surface area contributed by atoms with Gasteiger partial charge >= 0.3 is 0 Å². The van der Waals surface area contributed by atoms with E-state index >= 15 is 0 Å². The molecule has 0 saturated carbocycles. The van der Waals surface area contributed by atoms with Crippen LogP contribution in [-0.4, -0.2) is 49.8 Å². The van der Waals surface area contributed by atoms with Gasteiger partial charge in [-0.1, -0.05) is 17.7 Å². The van der Waals surface area contributed by atoms with Crippen LogP contribution in [0, 0.1) is 6.92 Å². The number of nitrogens with one attached hydrogen (secondary N) is 1. The molecule has 0 aromatic heterocycles. The molecule has 162 valence electrons. The van der Waals surface area contributed by atoms with Crippen molar-refractivity contribution in [3.8, 4) is 17.2 Å². The van der Waals surface area contributed by atoms with Gasteiger partial charge in [-0.15, -0.1) is 0 Å². The van der Waals surface area contributed by atoms with Gasteiger partial charge in [0.15, 0.2) is 11.5 Å². The molecule has 2 aromatic carbocycles. The molecule has 1 aliphatic heterocycles. The van der Waals surface area contributed by atoms with Crippen LogP contribution < -0.4 is 19.5 Å². The normalized spacial score (nSPS) is 14.7. The molecule has 0 unspecified atom stereocenters. The maximum absolute atomic E-state index is 12.7. The van der Waals surface area contributed by atoms with Crippen molar-refractivity contribution < 1.29 is 28.6 Å². The van der Waals surface area contributed by atoms with Crippen molar-refractivity contribution in [1.29, 1.82) is 0 Å². The minimum atomic E-state index is -0.539. The predicted octanol–water partition coefficient (Wildman–Crippen LogP) is 3.70. The summed E-state index contributed by atoms with van der Waals surface area (Å²) < 4.78 is 15.9. The number of methoxy groups -OCH3 is 3. The van der Waals surface area contributed by atoms with Crippen LogP contribution in [0.5, 0.6) is 17.2 Å². The van der Waals surface area contributed by atoms with Crippen LogP contribution in [0.2, 0.25) is 0 Å². The van der Waals surface area contributed by atoms with Gasteiger partial charge in [-0.2, -0.15) is 0 Å². The Kier molecular flexibility index (Phi) is 6.86. The SMILES string of the molecule is COc1cc(C=C2SC(=O)N(CC(=O)Nc3ccc(C)cc3)C2=O)cc(OC)c1OC. The Balaban J connectivity index is 1.77. The fourth-order valence-corrected chi connectivity index (χ4v) is 3.79. The predicted molar refractivity (Wildman–Crippen MR) is 119 cm³/mol. The summed E-state index contributed by atoms with van der Waals surface area (Å²) in [5.41, 5.74) is 2.24. The zero-order valence-corrected chi connectivity index (χ0v) is 18.4. The molecule has 0 spiro atoms. The largest absolute Gasteiger partial charge is 0.493 e. The molecule has 0 aliphatic carbocycles. The number of hydrogen-bond acceptors (Lipinski definition) is 7. The highest BCUT2D eigenvalue weighted by atomic mass is 32.2. The van der Waals surface area contributed by atoms with Gasteiger partial charge in [0.2, 0.25) is 11.7 Å². The van der Waals surface area contributed by atoms with E-state index < -0.39 is 17.1 Å². The lowest BCUT2D eigenvalue weighted by molar-refractivity contribution is -0.127. The number of aryl methyl sites for hydroxylation is 1. The van der Waals surface area contributed by atoms with Crippen molar-refractivity contribution >= 4 is 40.6 Å². The zero-order chi connectivity index (χ0) is 22.5. The molecule has 9 heteroatoms. The van der Waals surface area contributed by atoms with E-state index in [1.807, 2.05) is 19.1 Å². The number of benzene rings is 2. The average molecular weight is 442 g/mol. The monoisotopic (exact) mass is 442 g/mol. The average Bonchev–Trinajstić information content (AvgIpc) is 3.01. The first-order valence-corrected chi connectivity index (χ1v) is 10.1. The quantitative estimate of drug-likeness (QED) is 0.654. The molecule has 0 radical (unpaired) electrons. The van der Waals surface area contributed by atoms with Crippen molar-refractivity contribution in [3.05, 3.63) is 52.4 Å². The molecular formula is C22H22N2O6S. The van der Waals surface area contributed by atoms with Crippen molar-refractivity contribution in [1.82, 2.24) is 4.90 Å². The third-order valence-corrected chi connectivity index (χ3v) is 5.40. The number of thioether (sulfide) groups is 1. The van der Waals surface area contributed by atoms with Crippen molar-refractivity contribution in [2.45, 2.75) is 6.92 Å². The summed E-state index contributed by atoms with van der Waals surface area (Å²) in [4.78, 5) is 38.5. The number of hydrogen-bond donors (Lipinski definition) is 1. The summed E-state index contributed by atoms with van der Waals surface area (Å²) in [6.07, 6.45) is 1.55. The molecule has 3 rings (SSSR count). The summed E-state index contributed by atoms with van der Waals surface area (Å²) in [5.74, 6) is 0.264. The zero-order valence-electron chi connectivity index (χ0n) is 17.6. The fourth-order valence-electron chi connectivity index (χ4n) is 2.95. The van der Waals surface area contributed by atoms with Crippen molar-refractivity contribution in [2.75, 3.05) is 33.2 Å². The van der Waals surface area contributed by atoms with Crippen molar-refractivity contribution in [2.24, 2.45) is 0 Å². The minimum absolute atomic E-state index is 0.197. The lowest BCUT2D eigenvalue weighted by atomic mass is 10.1. The molecule has 1 N–H and O–H groups in total. The van der Waals surface area contributed by atoms with E-state index in [0.29, 0.717) is 28.5 Å². The van der Waals surface area contributed by atoms with E-state index in [1.165, 1.54) is 21.3 Å². The standard InChI is InChI=1S/C22H22N2O6S/c1-13-5-7-15(8-6-13)23-19(25)12-24-21(26)18(31-22(24)27)11-14-9-16(28-2)20(30-4)17(10-14)29-3/h5-11H,12H2,1-4H3,(H,23,25). The molecule has 1 fully saturated rings. The summed E-state index contributed by atoms with van der Waals surface area (Å²) in [7, 11) is 4.47. The topological polar surface area (TPSA) is 94.2 Å². The highest BCUT2D eigenvalue weighted by molar-refractivity contribution is 8.18. The van der Waals surface area contributed by atoms with Gasteiger partial charge < -0.3 is 19.5 Å². The van der Waals surface area contributed by atoms with Crippen LogP contribution in [0.3, 0.4) is 0 Å². The Morgan fingerprint density at radius 2 is 1.65 bits per heavy atom. The second-order valence-electron chi connectivity index (χ2n) is 6.64. The number of rotatable bonds is 7. The van der Waals surface area contributed by atoms with Crippen LogP contribution >= 0.6 is 11.8 Å². The third kappa shape index (κ3) is 5.00. The minimum Gasteiger partial charge on any atom is -0.493 e. The molecular weight excluding hydrogens is 420 g/mol. The fraction of sp³-hybridized carbons (Fsp3) is 0.227. The van der Waals surface area contributed by atoms with Crippen LogP contribution in [0.15, 0.2) is 41.3 Å².